The number of methoxy groups -OCH3 is 1. The van der Waals surface area contributed by atoms with Gasteiger partial charge in [0.2, 0.25) is 5.43 Å². The first-order valence-electron chi connectivity index (χ1n) is 11.6. The Morgan fingerprint density at radius 1 is 1.03 bits per heavy atom. The number of phenolic OH excluding ortho intramolecular Hbond substituents is 1. The summed E-state index contributed by atoms with van der Waals surface area (Å²) in [5.74, 6) is 1.23. The van der Waals surface area contributed by atoms with E-state index in [2.05, 4.69) is 15.9 Å². The first-order valence-corrected chi connectivity index (χ1v) is 12.0. The Morgan fingerprint density at radius 2 is 1.80 bits per heavy atom. The average molecular weight is 491 g/mol. The Morgan fingerprint density at radius 3 is 2.54 bits per heavy atom. The van der Waals surface area contributed by atoms with Gasteiger partial charge in [-0.15, -0.1) is 0 Å². The molecule has 0 bridgehead atoms. The Bertz CT molecular complexity index is 1440. The molecule has 1 fully saturated rings. The van der Waals surface area contributed by atoms with E-state index in [4.69, 9.17) is 20.8 Å². The highest BCUT2D eigenvalue weighted by Crippen LogP contribution is 2.34. The van der Waals surface area contributed by atoms with Gasteiger partial charge in [-0.3, -0.25) is 9.69 Å². The van der Waals surface area contributed by atoms with Crippen LogP contribution in [0.25, 0.3) is 22.1 Å². The molecule has 0 saturated carbocycles. The van der Waals surface area contributed by atoms with E-state index >= 15 is 0 Å². The van der Waals surface area contributed by atoms with Crippen LogP contribution in [0.2, 0.25) is 5.02 Å². The summed E-state index contributed by atoms with van der Waals surface area (Å²) < 4.78 is 11.7. The normalized spacial score (nSPS) is 14.4. The molecule has 2 heterocycles. The highest BCUT2D eigenvalue weighted by Gasteiger charge is 2.23. The van der Waals surface area contributed by atoms with Gasteiger partial charge in [0.25, 0.3) is 0 Å². The summed E-state index contributed by atoms with van der Waals surface area (Å²) in [4.78, 5) is 18.1. The van der Waals surface area contributed by atoms with Crippen molar-refractivity contribution in [1.82, 2.24) is 4.90 Å². The van der Waals surface area contributed by atoms with Crippen LogP contribution in [0.4, 0.5) is 5.69 Å². The topological polar surface area (TPSA) is 66.2 Å². The first-order chi connectivity index (χ1) is 17.0. The largest absolute Gasteiger partial charge is 0.507 e. The van der Waals surface area contributed by atoms with Crippen molar-refractivity contribution in [3.8, 4) is 22.6 Å². The van der Waals surface area contributed by atoms with Crippen LogP contribution in [0.3, 0.4) is 0 Å². The fraction of sp³-hybridized carbons (Fsp3) is 0.250. The third-order valence-corrected chi connectivity index (χ3v) is 6.85. The number of benzene rings is 3. The lowest BCUT2D eigenvalue weighted by atomic mass is 10.00. The number of fused-ring (bicyclic) bond motifs is 1. The summed E-state index contributed by atoms with van der Waals surface area (Å²) in [6, 6.07) is 18.5. The van der Waals surface area contributed by atoms with Crippen LogP contribution in [-0.4, -0.2) is 43.3 Å². The zero-order valence-electron chi connectivity index (χ0n) is 19.8. The number of anilines is 1. The van der Waals surface area contributed by atoms with E-state index in [1.54, 1.807) is 26.2 Å². The van der Waals surface area contributed by atoms with E-state index in [1.807, 2.05) is 42.5 Å². The Kier molecular flexibility index (Phi) is 6.41. The van der Waals surface area contributed by atoms with Crippen molar-refractivity contribution in [3.63, 3.8) is 0 Å². The molecule has 0 spiro atoms. The predicted octanol–water partition coefficient (Wildman–Crippen LogP) is 5.46. The molecule has 1 saturated heterocycles. The van der Waals surface area contributed by atoms with Gasteiger partial charge in [-0.2, -0.15) is 0 Å². The van der Waals surface area contributed by atoms with Gasteiger partial charge in [0, 0.05) is 49.0 Å². The lowest BCUT2D eigenvalue weighted by molar-refractivity contribution is 0.246. The van der Waals surface area contributed by atoms with Crippen LogP contribution in [-0.2, 0) is 6.54 Å². The van der Waals surface area contributed by atoms with Crippen molar-refractivity contribution in [2.45, 2.75) is 13.5 Å². The molecule has 0 amide bonds. The second-order valence-corrected chi connectivity index (χ2v) is 9.18. The molecule has 5 rings (SSSR count). The lowest BCUT2D eigenvalue weighted by Gasteiger charge is -2.36. The standard InChI is InChI=1S/C28H27ClN2O4/c1-18-26(21-8-3-4-9-25(21)34-2)27(33)22-10-11-24(32)23(28(22)35-18)17-30-12-14-31(15-13-30)20-7-5-6-19(29)16-20/h3-11,16,32H,12-15,17H2,1-2H3. The fourth-order valence-electron chi connectivity index (χ4n) is 4.79. The van der Waals surface area contributed by atoms with Gasteiger partial charge in [-0.05, 0) is 43.3 Å². The molecule has 0 aliphatic carbocycles. The Hall–Kier alpha value is -3.48. The van der Waals surface area contributed by atoms with Crippen molar-refractivity contribution < 1.29 is 14.3 Å². The molecule has 1 aromatic heterocycles. The molecular weight excluding hydrogens is 464 g/mol. The average Bonchev–Trinajstić information content (AvgIpc) is 2.86. The minimum absolute atomic E-state index is 0.127. The van der Waals surface area contributed by atoms with E-state index in [1.165, 1.54) is 0 Å². The number of hydrogen-bond acceptors (Lipinski definition) is 6. The fourth-order valence-corrected chi connectivity index (χ4v) is 4.97. The molecule has 1 aliphatic heterocycles. The van der Waals surface area contributed by atoms with Crippen LogP contribution in [0, 0.1) is 6.92 Å². The summed E-state index contributed by atoms with van der Waals surface area (Å²) in [7, 11) is 1.58. The number of ether oxygens (including phenoxy) is 1. The minimum atomic E-state index is -0.139. The van der Waals surface area contributed by atoms with Crippen molar-refractivity contribution in [2.24, 2.45) is 0 Å². The Labute approximate surface area is 208 Å². The van der Waals surface area contributed by atoms with E-state index in [0.29, 0.717) is 45.7 Å². The molecule has 35 heavy (non-hydrogen) atoms. The number of para-hydroxylation sites is 1. The third-order valence-electron chi connectivity index (χ3n) is 6.62. The zero-order chi connectivity index (χ0) is 24.5. The highest BCUT2D eigenvalue weighted by atomic mass is 35.5. The monoisotopic (exact) mass is 490 g/mol. The molecule has 6 nitrogen and oxygen atoms in total. The first kappa shape index (κ1) is 23.3. The second kappa shape index (κ2) is 9.64. The maximum Gasteiger partial charge on any atom is 0.200 e. The summed E-state index contributed by atoms with van der Waals surface area (Å²) in [6.45, 7) is 5.57. The molecule has 4 aromatic rings. The van der Waals surface area contributed by atoms with Gasteiger partial charge in [-0.25, -0.2) is 0 Å². The van der Waals surface area contributed by atoms with Crippen LogP contribution >= 0.6 is 11.6 Å². The van der Waals surface area contributed by atoms with Crippen molar-refractivity contribution in [3.05, 3.63) is 87.2 Å². The molecule has 1 aliphatic rings. The van der Waals surface area contributed by atoms with Gasteiger partial charge in [-0.1, -0.05) is 35.9 Å². The van der Waals surface area contributed by atoms with Crippen molar-refractivity contribution >= 4 is 28.3 Å². The molecule has 0 unspecified atom stereocenters. The second-order valence-electron chi connectivity index (χ2n) is 8.75. The molecule has 1 N–H and O–H groups in total. The molecule has 3 aromatic carbocycles. The van der Waals surface area contributed by atoms with Gasteiger partial charge in [0.15, 0.2) is 0 Å². The SMILES string of the molecule is COc1ccccc1-c1c(C)oc2c(CN3CCN(c4cccc(Cl)c4)CC3)c(O)ccc2c1=O. The van der Waals surface area contributed by atoms with Crippen LogP contribution < -0.4 is 15.1 Å². The van der Waals surface area contributed by atoms with Gasteiger partial charge >= 0.3 is 0 Å². The zero-order valence-corrected chi connectivity index (χ0v) is 20.5. The summed E-state index contributed by atoms with van der Waals surface area (Å²) >= 11 is 6.16. The predicted molar refractivity (Wildman–Crippen MR) is 140 cm³/mol. The van der Waals surface area contributed by atoms with Gasteiger partial charge in [0.05, 0.1) is 23.6 Å². The van der Waals surface area contributed by atoms with Crippen LogP contribution in [0.5, 0.6) is 11.5 Å². The quantitative estimate of drug-likeness (QED) is 0.401. The van der Waals surface area contributed by atoms with Gasteiger partial charge < -0.3 is 19.2 Å². The van der Waals surface area contributed by atoms with Crippen LogP contribution in [0.15, 0.2) is 69.9 Å². The molecule has 0 atom stereocenters. The molecule has 180 valence electrons. The van der Waals surface area contributed by atoms with Crippen LogP contribution in [0.1, 0.15) is 11.3 Å². The summed E-state index contributed by atoms with van der Waals surface area (Å²) in [6.07, 6.45) is 0. The van der Waals surface area contributed by atoms with Gasteiger partial charge in [0.1, 0.15) is 22.8 Å². The van der Waals surface area contributed by atoms with E-state index in [-0.39, 0.29) is 11.2 Å². The maximum atomic E-state index is 13.6. The summed E-state index contributed by atoms with van der Waals surface area (Å²) in [5, 5.41) is 11.9. The minimum Gasteiger partial charge on any atom is -0.507 e. The molecule has 0 radical (unpaired) electrons. The smallest absolute Gasteiger partial charge is 0.200 e. The number of nitrogens with zero attached hydrogens (tertiary/aromatic N) is 2. The summed E-state index contributed by atoms with van der Waals surface area (Å²) in [5.41, 5.74) is 3.20. The number of piperazine rings is 1. The number of aromatic hydroxyl groups is 1. The van der Waals surface area contributed by atoms with E-state index in [9.17, 15) is 9.90 Å². The van der Waals surface area contributed by atoms with Crippen molar-refractivity contribution in [1.29, 1.82) is 0 Å². The number of phenols is 1. The number of hydrogen-bond donors (Lipinski definition) is 1. The van der Waals surface area contributed by atoms with Crippen molar-refractivity contribution in [2.75, 3.05) is 38.2 Å². The van der Waals surface area contributed by atoms with E-state index in [0.717, 1.165) is 36.9 Å². The lowest BCUT2D eigenvalue weighted by Crippen LogP contribution is -2.46. The number of halogens is 1. The Balaban J connectivity index is 1.45. The molecular formula is C28H27ClN2O4. The number of aryl methyl sites for hydroxylation is 1. The third kappa shape index (κ3) is 4.47. The molecule has 7 heteroatoms. The maximum absolute atomic E-state index is 13.6. The number of rotatable bonds is 5. The highest BCUT2D eigenvalue weighted by molar-refractivity contribution is 6.30. The van der Waals surface area contributed by atoms with E-state index < -0.39 is 0 Å².